The summed E-state index contributed by atoms with van der Waals surface area (Å²) in [7, 11) is 0. The van der Waals surface area contributed by atoms with Gasteiger partial charge in [-0.05, 0) is 26.3 Å². The van der Waals surface area contributed by atoms with Gasteiger partial charge in [-0.15, -0.1) is 0 Å². The fourth-order valence-electron chi connectivity index (χ4n) is 3.21. The molecule has 2 saturated heterocycles. The van der Waals surface area contributed by atoms with Gasteiger partial charge in [0.2, 0.25) is 5.91 Å². The second-order valence-electron chi connectivity index (χ2n) is 5.43. The number of rotatable bonds is 1. The molecule has 1 spiro atoms. The molecule has 6 heteroatoms. The van der Waals surface area contributed by atoms with Crippen molar-refractivity contribution in [2.45, 2.75) is 25.9 Å². The summed E-state index contributed by atoms with van der Waals surface area (Å²) in [6.07, 6.45) is -0.123. The maximum absolute atomic E-state index is 14.2. The van der Waals surface area contributed by atoms with E-state index < -0.39 is 11.6 Å². The summed E-state index contributed by atoms with van der Waals surface area (Å²) in [6, 6.07) is 0. The second kappa shape index (κ2) is 4.30. The van der Waals surface area contributed by atoms with Crippen molar-refractivity contribution in [2.24, 2.45) is 5.41 Å². The summed E-state index contributed by atoms with van der Waals surface area (Å²) >= 11 is 0. The van der Waals surface area contributed by atoms with Gasteiger partial charge >= 0.3 is 5.97 Å². The Labute approximate surface area is 110 Å². The van der Waals surface area contributed by atoms with Crippen molar-refractivity contribution >= 4 is 11.9 Å². The Kier molecular flexibility index (Phi) is 2.85. The van der Waals surface area contributed by atoms with Crippen molar-refractivity contribution in [3.05, 3.63) is 11.3 Å². The number of piperidine rings is 1. The first-order valence-electron chi connectivity index (χ1n) is 6.60. The number of carbonyl (C=O) groups excluding carboxylic acids is 2. The molecule has 5 nitrogen and oxygen atoms in total. The third kappa shape index (κ3) is 1.69. The van der Waals surface area contributed by atoms with Crippen LogP contribution in [-0.2, 0) is 14.3 Å². The molecular weight excluding hydrogens is 251 g/mol. The largest absolute Gasteiger partial charge is 0.456 e. The van der Waals surface area contributed by atoms with E-state index in [1.54, 1.807) is 11.8 Å². The molecule has 0 aromatic rings. The molecule has 3 aliphatic rings. The highest BCUT2D eigenvalue weighted by atomic mass is 19.1. The van der Waals surface area contributed by atoms with Crippen LogP contribution in [0.5, 0.6) is 0 Å². The minimum Gasteiger partial charge on any atom is -0.456 e. The van der Waals surface area contributed by atoms with Crippen molar-refractivity contribution < 1.29 is 18.7 Å². The zero-order valence-corrected chi connectivity index (χ0v) is 10.9. The van der Waals surface area contributed by atoms with E-state index in [4.69, 9.17) is 4.74 Å². The molecule has 0 saturated carbocycles. The Bertz CT molecular complexity index is 477. The van der Waals surface area contributed by atoms with Gasteiger partial charge in [-0.1, -0.05) is 0 Å². The number of esters is 1. The first kappa shape index (κ1) is 12.6. The average Bonchev–Trinajstić information content (AvgIpc) is 2.88. The molecule has 2 fully saturated rings. The van der Waals surface area contributed by atoms with Crippen LogP contribution in [0, 0.1) is 5.41 Å². The minimum absolute atomic E-state index is 0.127. The maximum atomic E-state index is 14.2. The monoisotopic (exact) mass is 268 g/mol. The zero-order valence-electron chi connectivity index (χ0n) is 10.9. The van der Waals surface area contributed by atoms with E-state index in [9.17, 15) is 14.0 Å². The van der Waals surface area contributed by atoms with Gasteiger partial charge in [0.15, 0.2) is 0 Å². The van der Waals surface area contributed by atoms with E-state index >= 15 is 0 Å². The van der Waals surface area contributed by atoms with E-state index in [1.807, 2.05) is 0 Å². The van der Waals surface area contributed by atoms with Gasteiger partial charge in [0.25, 0.3) is 0 Å². The summed E-state index contributed by atoms with van der Waals surface area (Å²) < 4.78 is 19.1. The highest BCUT2D eigenvalue weighted by molar-refractivity contribution is 5.94. The molecule has 19 heavy (non-hydrogen) atoms. The first-order valence-corrected chi connectivity index (χ1v) is 6.60. The van der Waals surface area contributed by atoms with Crippen molar-refractivity contribution in [3.63, 3.8) is 0 Å². The molecule has 0 unspecified atom stereocenters. The van der Waals surface area contributed by atoms with Crippen molar-refractivity contribution in [2.75, 3.05) is 26.2 Å². The molecule has 0 bridgehead atoms. The van der Waals surface area contributed by atoms with Crippen LogP contribution in [-0.4, -0.2) is 49.2 Å². The Morgan fingerprint density at radius 2 is 2.21 bits per heavy atom. The molecule has 3 heterocycles. The topological polar surface area (TPSA) is 58.6 Å². The summed E-state index contributed by atoms with van der Waals surface area (Å²) in [5.41, 5.74) is 0.178. The van der Waals surface area contributed by atoms with E-state index in [0.717, 1.165) is 0 Å². The van der Waals surface area contributed by atoms with E-state index in [-0.39, 0.29) is 25.0 Å². The van der Waals surface area contributed by atoms with Gasteiger partial charge < -0.3 is 15.0 Å². The van der Waals surface area contributed by atoms with Gasteiger partial charge in [-0.2, -0.15) is 0 Å². The summed E-state index contributed by atoms with van der Waals surface area (Å²) in [4.78, 5) is 25.5. The number of alkyl halides is 1. The second-order valence-corrected chi connectivity index (χ2v) is 5.43. The van der Waals surface area contributed by atoms with Gasteiger partial charge in [0.1, 0.15) is 12.8 Å². The number of nitrogens with zero attached hydrogens (tertiary/aromatic N) is 1. The van der Waals surface area contributed by atoms with Crippen LogP contribution < -0.4 is 5.32 Å². The molecule has 0 aromatic heterocycles. The van der Waals surface area contributed by atoms with Gasteiger partial charge in [0, 0.05) is 13.1 Å². The average molecular weight is 268 g/mol. The Morgan fingerprint density at radius 3 is 2.84 bits per heavy atom. The number of cyclic esters (lactones) is 1. The number of nitrogens with one attached hydrogen (secondary N) is 1. The molecule has 0 aliphatic carbocycles. The van der Waals surface area contributed by atoms with Gasteiger partial charge in [-0.3, -0.25) is 4.79 Å². The van der Waals surface area contributed by atoms with Crippen LogP contribution >= 0.6 is 0 Å². The molecule has 3 aliphatic heterocycles. The predicted octanol–water partition coefficient (Wildman–Crippen LogP) is 0.367. The maximum Gasteiger partial charge on any atom is 0.336 e. The van der Waals surface area contributed by atoms with Crippen LogP contribution in [0.1, 0.15) is 19.8 Å². The van der Waals surface area contributed by atoms with E-state index in [1.165, 1.54) is 0 Å². The molecule has 3 rings (SSSR count). The Morgan fingerprint density at radius 1 is 1.42 bits per heavy atom. The third-order valence-corrected chi connectivity index (χ3v) is 4.53. The lowest BCUT2D eigenvalue weighted by Gasteiger charge is -2.35. The number of halogens is 1. The predicted molar refractivity (Wildman–Crippen MR) is 64.8 cm³/mol. The number of carbonyl (C=O) groups is 2. The lowest BCUT2D eigenvalue weighted by Crippen LogP contribution is -2.51. The third-order valence-electron chi connectivity index (χ3n) is 4.53. The standard InChI is InChI=1S/C13H17FN2O3/c1-8-9(7-19-11(8)17)16-5-3-13(12(16)18)2-4-15-6-10(13)14/h10,15H,2-7H2,1H3/t10-,13+/m0/s1. The number of likely N-dealkylation sites (tertiary alicyclic amines) is 1. The molecule has 0 radical (unpaired) electrons. The normalized spacial score (nSPS) is 35.5. The Hall–Kier alpha value is -1.43. The molecule has 1 N–H and O–H groups in total. The lowest BCUT2D eigenvalue weighted by atomic mass is 9.76. The first-order chi connectivity index (χ1) is 9.06. The zero-order chi connectivity index (χ0) is 13.6. The van der Waals surface area contributed by atoms with E-state index in [0.29, 0.717) is 37.2 Å². The quantitative estimate of drug-likeness (QED) is 0.698. The molecule has 2 atom stereocenters. The van der Waals surface area contributed by atoms with Crippen LogP contribution in [0.4, 0.5) is 4.39 Å². The van der Waals surface area contributed by atoms with Crippen LogP contribution in [0.3, 0.4) is 0 Å². The SMILES string of the molecule is CC1=C(N2CC[C@@]3(CCNC[C@@H]3F)C2=O)COC1=O. The summed E-state index contributed by atoms with van der Waals surface area (Å²) in [5.74, 6) is -0.569. The fraction of sp³-hybridized carbons (Fsp3) is 0.692. The lowest BCUT2D eigenvalue weighted by molar-refractivity contribution is -0.140. The molecule has 1 amide bonds. The minimum atomic E-state index is -1.15. The van der Waals surface area contributed by atoms with Crippen LogP contribution in [0.25, 0.3) is 0 Å². The molecule has 0 aromatic carbocycles. The van der Waals surface area contributed by atoms with Gasteiger partial charge in [0.05, 0.1) is 16.7 Å². The molecular formula is C13H17FN2O3. The van der Waals surface area contributed by atoms with Gasteiger partial charge in [-0.25, -0.2) is 9.18 Å². The van der Waals surface area contributed by atoms with Crippen molar-refractivity contribution in [1.29, 1.82) is 0 Å². The van der Waals surface area contributed by atoms with E-state index in [2.05, 4.69) is 5.32 Å². The summed E-state index contributed by atoms with van der Waals surface area (Å²) in [5, 5.41) is 2.97. The van der Waals surface area contributed by atoms with Crippen LogP contribution in [0.15, 0.2) is 11.3 Å². The Balaban J connectivity index is 1.88. The van der Waals surface area contributed by atoms with Crippen LogP contribution in [0.2, 0.25) is 0 Å². The fourth-order valence-corrected chi connectivity index (χ4v) is 3.21. The number of hydrogen-bond donors (Lipinski definition) is 1. The number of amides is 1. The number of hydrogen-bond acceptors (Lipinski definition) is 4. The highest BCUT2D eigenvalue weighted by Crippen LogP contribution is 2.43. The van der Waals surface area contributed by atoms with Crippen molar-refractivity contribution in [3.8, 4) is 0 Å². The molecule has 104 valence electrons. The van der Waals surface area contributed by atoms with Crippen molar-refractivity contribution in [1.82, 2.24) is 10.2 Å². The highest BCUT2D eigenvalue weighted by Gasteiger charge is 2.54. The number of ether oxygens (including phenoxy) is 1. The summed E-state index contributed by atoms with van der Waals surface area (Å²) in [6.45, 7) is 3.14. The smallest absolute Gasteiger partial charge is 0.336 e.